The van der Waals surface area contributed by atoms with Gasteiger partial charge in [-0.05, 0) is 32.0 Å². The van der Waals surface area contributed by atoms with Crippen molar-refractivity contribution in [2.24, 2.45) is 4.99 Å². The van der Waals surface area contributed by atoms with Gasteiger partial charge >= 0.3 is 18.5 Å². The molecule has 2 rings (SSSR count). The molecule has 0 bridgehead atoms. The minimum Gasteiger partial charge on any atom is -0.473 e. The zero-order valence-electron chi connectivity index (χ0n) is 17.4. The first-order chi connectivity index (χ1) is 15.1. The molecule has 0 spiro atoms. The molecule has 184 valence electrons. The molecule has 0 fully saturated rings. The molecule has 2 aromatic rings. The molecule has 5 nitrogen and oxygen atoms in total. The number of halogens is 9. The average Bonchev–Trinajstić information content (AvgIpc) is 2.65. The fourth-order valence-electron chi connectivity index (χ4n) is 2.74. The Labute approximate surface area is 181 Å². The molecular weight excluding hydrogens is 473 g/mol. The van der Waals surface area contributed by atoms with Gasteiger partial charge < -0.3 is 9.47 Å². The highest BCUT2D eigenvalue weighted by atomic mass is 19.4. The lowest BCUT2D eigenvalue weighted by Crippen LogP contribution is -2.31. The molecule has 33 heavy (non-hydrogen) atoms. The second kappa shape index (κ2) is 9.61. The molecule has 0 aliphatic carbocycles. The van der Waals surface area contributed by atoms with Crippen molar-refractivity contribution in [1.29, 1.82) is 0 Å². The Morgan fingerprint density at radius 3 is 2.09 bits per heavy atom. The molecule has 0 amide bonds. The number of ether oxygens (including phenoxy) is 2. The molecule has 14 heteroatoms. The Kier molecular flexibility index (Phi) is 7.71. The predicted molar refractivity (Wildman–Crippen MR) is 96.5 cm³/mol. The third kappa shape index (κ3) is 6.62. The van der Waals surface area contributed by atoms with Crippen molar-refractivity contribution in [2.45, 2.75) is 45.0 Å². The lowest BCUT2D eigenvalue weighted by molar-refractivity contribution is -0.143. The number of hydrogen-bond donors (Lipinski definition) is 0. The van der Waals surface area contributed by atoms with Gasteiger partial charge in [-0.2, -0.15) is 39.5 Å². The van der Waals surface area contributed by atoms with E-state index in [9.17, 15) is 39.5 Å². The van der Waals surface area contributed by atoms with Crippen LogP contribution < -0.4 is 10.4 Å². The van der Waals surface area contributed by atoms with E-state index in [-0.39, 0.29) is 19.2 Å². The highest BCUT2D eigenvalue weighted by Gasteiger charge is 2.39. The van der Waals surface area contributed by atoms with Gasteiger partial charge in [0.05, 0.1) is 23.4 Å². The van der Waals surface area contributed by atoms with Gasteiger partial charge in [0, 0.05) is 19.7 Å². The van der Waals surface area contributed by atoms with Crippen LogP contribution in [0, 0.1) is 0 Å². The largest absolute Gasteiger partial charge is 0.473 e. The van der Waals surface area contributed by atoms with Crippen molar-refractivity contribution in [3.8, 4) is 5.88 Å². The van der Waals surface area contributed by atoms with Crippen LogP contribution in [-0.4, -0.2) is 29.4 Å². The smallest absolute Gasteiger partial charge is 0.433 e. The Hall–Kier alpha value is -2.77. The van der Waals surface area contributed by atoms with E-state index in [4.69, 9.17) is 9.47 Å². The van der Waals surface area contributed by atoms with Crippen LogP contribution in [0.15, 0.2) is 29.3 Å². The monoisotopic (exact) mass is 491 g/mol. The highest BCUT2D eigenvalue weighted by Crippen LogP contribution is 2.40. The predicted octanol–water partition coefficient (Wildman–Crippen LogP) is 5.61. The third-order valence-electron chi connectivity index (χ3n) is 4.17. The summed E-state index contributed by atoms with van der Waals surface area (Å²) in [5, 5.41) is 0. The van der Waals surface area contributed by atoms with Crippen LogP contribution in [-0.2, 0) is 29.8 Å². The zero-order valence-corrected chi connectivity index (χ0v) is 17.4. The van der Waals surface area contributed by atoms with Gasteiger partial charge in [0.1, 0.15) is 6.10 Å². The van der Waals surface area contributed by atoms with Crippen molar-refractivity contribution in [2.75, 3.05) is 13.7 Å². The van der Waals surface area contributed by atoms with Crippen molar-refractivity contribution in [3.63, 3.8) is 0 Å². The van der Waals surface area contributed by atoms with Crippen LogP contribution in [0.4, 0.5) is 45.2 Å². The maximum absolute atomic E-state index is 13.4. The van der Waals surface area contributed by atoms with Crippen LogP contribution in [0.2, 0.25) is 0 Å². The summed E-state index contributed by atoms with van der Waals surface area (Å²) in [5.41, 5.74) is -6.76. The van der Waals surface area contributed by atoms with Crippen molar-refractivity contribution >= 4 is 5.69 Å². The Morgan fingerprint density at radius 1 is 0.970 bits per heavy atom. The van der Waals surface area contributed by atoms with E-state index >= 15 is 0 Å². The van der Waals surface area contributed by atoms with Gasteiger partial charge in [0.25, 0.3) is 0 Å². The van der Waals surface area contributed by atoms with Gasteiger partial charge in [0.2, 0.25) is 5.62 Å². The van der Waals surface area contributed by atoms with Gasteiger partial charge in [0.15, 0.2) is 11.6 Å². The summed E-state index contributed by atoms with van der Waals surface area (Å²) in [6.45, 7) is 2.78. The summed E-state index contributed by atoms with van der Waals surface area (Å²) in [6.07, 6.45) is -16.1. The van der Waals surface area contributed by atoms with Gasteiger partial charge in [-0.15, -0.1) is 0 Å². The summed E-state index contributed by atoms with van der Waals surface area (Å²) >= 11 is 0. The highest BCUT2D eigenvalue weighted by molar-refractivity contribution is 5.50. The Balaban J connectivity index is 2.83. The Bertz CT molecular complexity index is 1040. The molecule has 1 aromatic carbocycles. The molecule has 0 saturated heterocycles. The number of rotatable bonds is 6. The first-order valence-corrected chi connectivity index (χ1v) is 9.25. The minimum absolute atomic E-state index is 0.0169. The number of alkyl halides is 9. The van der Waals surface area contributed by atoms with E-state index in [0.29, 0.717) is 18.2 Å². The number of nitrogens with zero attached hydrogens (tertiary/aromatic N) is 3. The molecule has 1 heterocycles. The quantitative estimate of drug-likeness (QED) is 0.494. The SMILES string of the molecule is CCn1c(OC(C)COC)cc(C(F)(F)F)nc1=Nc1ccc(C(F)(F)F)cc1C(F)(F)F. The van der Waals surface area contributed by atoms with E-state index in [1.165, 1.54) is 21.0 Å². The van der Waals surface area contributed by atoms with E-state index in [0.717, 1.165) is 4.57 Å². The molecule has 1 aromatic heterocycles. The van der Waals surface area contributed by atoms with Crippen molar-refractivity contribution in [1.82, 2.24) is 9.55 Å². The first kappa shape index (κ1) is 26.5. The molecule has 0 aliphatic heterocycles. The van der Waals surface area contributed by atoms with Gasteiger partial charge in [-0.1, -0.05) is 0 Å². The Morgan fingerprint density at radius 2 is 1.61 bits per heavy atom. The van der Waals surface area contributed by atoms with Crippen LogP contribution >= 0.6 is 0 Å². The van der Waals surface area contributed by atoms with Gasteiger partial charge in [-0.3, -0.25) is 4.57 Å². The number of aromatic nitrogens is 2. The van der Waals surface area contributed by atoms with E-state index in [1.54, 1.807) is 0 Å². The fraction of sp³-hybridized carbons (Fsp3) is 0.474. The van der Waals surface area contributed by atoms with Crippen molar-refractivity contribution < 1.29 is 49.0 Å². The lowest BCUT2D eigenvalue weighted by Gasteiger charge is -2.19. The molecule has 0 saturated carbocycles. The molecule has 0 radical (unpaired) electrons. The molecule has 0 aliphatic rings. The number of hydrogen-bond acceptors (Lipinski definition) is 4. The summed E-state index contributed by atoms with van der Waals surface area (Å²) in [7, 11) is 1.32. The normalized spacial score (nSPS) is 14.5. The average molecular weight is 491 g/mol. The van der Waals surface area contributed by atoms with Crippen LogP contribution in [0.5, 0.6) is 5.88 Å². The van der Waals surface area contributed by atoms with E-state index in [2.05, 4.69) is 9.98 Å². The molecular formula is C19H18F9N3O2. The topological polar surface area (TPSA) is 48.6 Å². The maximum atomic E-state index is 13.4. The molecule has 0 N–H and O–H groups in total. The standard InChI is InChI=1S/C19H18F9N3O2/c1-4-31-15(33-10(2)9-32-3)8-14(19(26,27)28)30-16(31)29-13-6-5-11(17(20,21)22)7-12(13)18(23,24)25/h5-8,10H,4,9H2,1-3H3. The van der Waals surface area contributed by atoms with Gasteiger partial charge in [-0.25, -0.2) is 9.98 Å². The van der Waals surface area contributed by atoms with Crippen LogP contribution in [0.1, 0.15) is 30.7 Å². The minimum atomic E-state index is -5.27. The lowest BCUT2D eigenvalue weighted by atomic mass is 10.1. The number of benzene rings is 1. The van der Waals surface area contributed by atoms with E-state index < -0.39 is 58.6 Å². The molecule has 1 atom stereocenters. The summed E-state index contributed by atoms with van der Waals surface area (Å²) in [6, 6.07) is 1.14. The zero-order chi connectivity index (χ0) is 25.2. The van der Waals surface area contributed by atoms with Crippen molar-refractivity contribution in [3.05, 3.63) is 46.7 Å². The second-order valence-corrected chi connectivity index (χ2v) is 6.74. The molecule has 1 unspecified atom stereocenters. The summed E-state index contributed by atoms with van der Waals surface area (Å²) in [4.78, 5) is 6.83. The second-order valence-electron chi connectivity index (χ2n) is 6.74. The first-order valence-electron chi connectivity index (χ1n) is 9.25. The summed E-state index contributed by atoms with van der Waals surface area (Å²) in [5.74, 6) is -0.413. The maximum Gasteiger partial charge on any atom is 0.433 e. The fourth-order valence-corrected chi connectivity index (χ4v) is 2.74. The third-order valence-corrected chi connectivity index (χ3v) is 4.17. The van der Waals surface area contributed by atoms with Crippen LogP contribution in [0.25, 0.3) is 0 Å². The van der Waals surface area contributed by atoms with E-state index in [1.807, 2.05) is 0 Å². The number of methoxy groups -OCH3 is 1. The summed E-state index contributed by atoms with van der Waals surface area (Å²) < 4.78 is 130. The van der Waals surface area contributed by atoms with Crippen LogP contribution in [0.3, 0.4) is 0 Å².